The topological polar surface area (TPSA) is 17.1 Å². The first kappa shape index (κ1) is 11.0. The summed E-state index contributed by atoms with van der Waals surface area (Å²) in [5, 5.41) is 0.527. The van der Waals surface area contributed by atoms with Crippen molar-refractivity contribution in [1.29, 1.82) is 0 Å². The lowest BCUT2D eigenvalue weighted by molar-refractivity contribution is 0.0983. The maximum atomic E-state index is 11.6. The van der Waals surface area contributed by atoms with Crippen molar-refractivity contribution in [1.82, 2.24) is 0 Å². The molecule has 0 amide bonds. The van der Waals surface area contributed by atoms with Gasteiger partial charge in [0.1, 0.15) is 0 Å². The van der Waals surface area contributed by atoms with Crippen LogP contribution in [0.15, 0.2) is 36.4 Å². The molecule has 0 aromatic heterocycles. The quantitative estimate of drug-likeness (QED) is 0.542. The Morgan fingerprint density at radius 1 is 1.36 bits per heavy atom. The van der Waals surface area contributed by atoms with E-state index in [1.165, 1.54) is 0 Å². The monoisotopic (exact) mass is 208 g/mol. The average molecular weight is 209 g/mol. The van der Waals surface area contributed by atoms with Crippen LogP contribution in [0.4, 0.5) is 0 Å². The van der Waals surface area contributed by atoms with Crippen LogP contribution in [0.3, 0.4) is 0 Å². The molecule has 0 atom stereocenters. The van der Waals surface area contributed by atoms with Crippen LogP contribution in [0.25, 0.3) is 0 Å². The summed E-state index contributed by atoms with van der Waals surface area (Å²) < 4.78 is 0. The normalized spacial score (nSPS) is 9.86. The second kappa shape index (κ2) is 4.97. The van der Waals surface area contributed by atoms with Crippen LogP contribution in [-0.4, -0.2) is 5.78 Å². The van der Waals surface area contributed by atoms with Gasteiger partial charge in [-0.15, -0.1) is 6.58 Å². The minimum Gasteiger partial charge on any atom is -0.294 e. The maximum Gasteiger partial charge on any atom is 0.164 e. The summed E-state index contributed by atoms with van der Waals surface area (Å²) in [4.78, 5) is 11.6. The van der Waals surface area contributed by atoms with Crippen molar-refractivity contribution < 1.29 is 4.79 Å². The summed E-state index contributed by atoms with van der Waals surface area (Å²) in [5.74, 6) is 0.0820. The lowest BCUT2D eigenvalue weighted by Crippen LogP contribution is -1.99. The minimum absolute atomic E-state index is 0.0820. The summed E-state index contributed by atoms with van der Waals surface area (Å²) in [5.41, 5.74) is 1.63. The van der Waals surface area contributed by atoms with E-state index in [1.807, 2.05) is 19.1 Å². The van der Waals surface area contributed by atoms with E-state index in [2.05, 4.69) is 6.58 Å². The molecule has 1 aromatic rings. The van der Waals surface area contributed by atoms with Gasteiger partial charge in [0, 0.05) is 12.0 Å². The first-order valence-corrected chi connectivity index (χ1v) is 4.91. The molecule has 0 fully saturated rings. The molecule has 0 saturated heterocycles. The van der Waals surface area contributed by atoms with Crippen molar-refractivity contribution >= 4 is 17.4 Å². The van der Waals surface area contributed by atoms with E-state index in [4.69, 9.17) is 11.6 Å². The van der Waals surface area contributed by atoms with Crippen LogP contribution in [0.5, 0.6) is 0 Å². The van der Waals surface area contributed by atoms with Gasteiger partial charge in [0.05, 0.1) is 5.02 Å². The molecule has 0 heterocycles. The van der Waals surface area contributed by atoms with Crippen molar-refractivity contribution in [2.24, 2.45) is 0 Å². The molecule has 0 saturated carbocycles. The molecule has 1 nitrogen and oxygen atoms in total. The van der Waals surface area contributed by atoms with Crippen LogP contribution in [0, 0.1) is 0 Å². The molecule has 1 rings (SSSR count). The van der Waals surface area contributed by atoms with E-state index in [9.17, 15) is 4.79 Å². The van der Waals surface area contributed by atoms with Gasteiger partial charge in [-0.25, -0.2) is 0 Å². The Balaban J connectivity index is 2.70. The molecule has 0 radical (unpaired) electrons. The van der Waals surface area contributed by atoms with Crippen molar-refractivity contribution in [3.8, 4) is 0 Å². The van der Waals surface area contributed by atoms with Gasteiger partial charge in [-0.2, -0.15) is 0 Å². The smallest absolute Gasteiger partial charge is 0.164 e. The molecule has 1 aromatic carbocycles. The van der Waals surface area contributed by atoms with Gasteiger partial charge in [0.15, 0.2) is 5.78 Å². The molecular formula is C12H13ClO. The number of carbonyl (C=O) groups excluding carboxylic acids is 1. The number of Topliss-reactive ketones (excluding diaryl/α,β-unsaturated/α-hetero) is 1. The van der Waals surface area contributed by atoms with Crippen LogP contribution < -0.4 is 0 Å². The maximum absolute atomic E-state index is 11.6. The van der Waals surface area contributed by atoms with Gasteiger partial charge >= 0.3 is 0 Å². The van der Waals surface area contributed by atoms with Gasteiger partial charge in [-0.05, 0) is 25.5 Å². The van der Waals surface area contributed by atoms with Crippen LogP contribution in [0.2, 0.25) is 5.02 Å². The van der Waals surface area contributed by atoms with E-state index in [0.717, 1.165) is 12.0 Å². The third kappa shape index (κ3) is 3.00. The van der Waals surface area contributed by atoms with Crippen molar-refractivity contribution in [2.75, 3.05) is 0 Å². The first-order chi connectivity index (χ1) is 6.61. The second-order valence-corrected chi connectivity index (χ2v) is 3.77. The van der Waals surface area contributed by atoms with Crippen LogP contribution in [0.1, 0.15) is 30.1 Å². The Labute approximate surface area is 89.4 Å². The van der Waals surface area contributed by atoms with Gasteiger partial charge in [0.2, 0.25) is 0 Å². The second-order valence-electron chi connectivity index (χ2n) is 3.36. The highest BCUT2D eigenvalue weighted by molar-refractivity contribution is 6.33. The highest BCUT2D eigenvalue weighted by atomic mass is 35.5. The standard InChI is InChI=1S/C12H13ClO/c1-9(2)7-8-12(14)10-5-3-4-6-11(10)13/h3-6H,1,7-8H2,2H3. The average Bonchev–Trinajstić information content (AvgIpc) is 2.15. The molecule has 0 aliphatic heterocycles. The molecule has 14 heavy (non-hydrogen) atoms. The largest absolute Gasteiger partial charge is 0.294 e. The number of ketones is 1. The number of rotatable bonds is 4. The molecule has 0 bridgehead atoms. The summed E-state index contributed by atoms with van der Waals surface area (Å²) in [6.45, 7) is 5.67. The van der Waals surface area contributed by atoms with Gasteiger partial charge < -0.3 is 0 Å². The summed E-state index contributed by atoms with van der Waals surface area (Å²) in [6.07, 6.45) is 1.21. The highest BCUT2D eigenvalue weighted by Gasteiger charge is 2.08. The number of halogens is 1. The fourth-order valence-electron chi connectivity index (χ4n) is 1.15. The van der Waals surface area contributed by atoms with E-state index in [0.29, 0.717) is 17.0 Å². The molecule has 2 heteroatoms. The van der Waals surface area contributed by atoms with Gasteiger partial charge in [-0.3, -0.25) is 4.79 Å². The molecule has 0 aliphatic rings. The molecule has 0 unspecified atom stereocenters. The van der Waals surface area contributed by atoms with E-state index in [-0.39, 0.29) is 5.78 Å². The number of hydrogen-bond donors (Lipinski definition) is 0. The van der Waals surface area contributed by atoms with Crippen LogP contribution >= 0.6 is 11.6 Å². The zero-order valence-corrected chi connectivity index (χ0v) is 8.97. The zero-order valence-electron chi connectivity index (χ0n) is 8.22. The lowest BCUT2D eigenvalue weighted by atomic mass is 10.0. The van der Waals surface area contributed by atoms with Crippen LogP contribution in [-0.2, 0) is 0 Å². The highest BCUT2D eigenvalue weighted by Crippen LogP contribution is 2.18. The number of benzene rings is 1. The molecule has 0 spiro atoms. The zero-order chi connectivity index (χ0) is 10.6. The van der Waals surface area contributed by atoms with E-state index >= 15 is 0 Å². The Morgan fingerprint density at radius 2 is 2.00 bits per heavy atom. The third-order valence-electron chi connectivity index (χ3n) is 1.95. The molecule has 0 N–H and O–H groups in total. The number of hydrogen-bond acceptors (Lipinski definition) is 1. The third-order valence-corrected chi connectivity index (χ3v) is 2.28. The number of allylic oxidation sites excluding steroid dienone is 1. The minimum atomic E-state index is 0.0820. The van der Waals surface area contributed by atoms with E-state index in [1.54, 1.807) is 12.1 Å². The van der Waals surface area contributed by atoms with Gasteiger partial charge in [0.25, 0.3) is 0 Å². The van der Waals surface area contributed by atoms with Crippen molar-refractivity contribution in [3.05, 3.63) is 47.0 Å². The lowest BCUT2D eigenvalue weighted by Gasteiger charge is -2.02. The molecule has 0 aliphatic carbocycles. The fraction of sp³-hybridized carbons (Fsp3) is 0.250. The van der Waals surface area contributed by atoms with Gasteiger partial charge in [-0.1, -0.05) is 29.3 Å². The SMILES string of the molecule is C=C(C)CCC(=O)c1ccccc1Cl. The van der Waals surface area contributed by atoms with Crippen molar-refractivity contribution in [2.45, 2.75) is 19.8 Å². The molecule has 74 valence electrons. The summed E-state index contributed by atoms with van der Waals surface area (Å²) in [6, 6.07) is 7.12. The number of carbonyl (C=O) groups is 1. The fourth-order valence-corrected chi connectivity index (χ4v) is 1.39. The Kier molecular flexibility index (Phi) is 3.90. The Bertz CT molecular complexity index is 355. The predicted molar refractivity (Wildman–Crippen MR) is 59.8 cm³/mol. The molecular weight excluding hydrogens is 196 g/mol. The summed E-state index contributed by atoms with van der Waals surface area (Å²) in [7, 11) is 0. The predicted octanol–water partition coefficient (Wildman–Crippen LogP) is 3.88. The Morgan fingerprint density at radius 3 is 2.57 bits per heavy atom. The van der Waals surface area contributed by atoms with Crippen molar-refractivity contribution in [3.63, 3.8) is 0 Å². The Hall–Kier alpha value is -1.08. The first-order valence-electron chi connectivity index (χ1n) is 4.53. The summed E-state index contributed by atoms with van der Waals surface area (Å²) >= 11 is 5.89. The van der Waals surface area contributed by atoms with E-state index < -0.39 is 0 Å².